The molecule has 0 saturated heterocycles. The summed E-state index contributed by atoms with van der Waals surface area (Å²) in [4.78, 5) is 11.4. The lowest BCUT2D eigenvalue weighted by molar-refractivity contribution is -0.118. The number of rotatable bonds is 8. The van der Waals surface area contributed by atoms with E-state index >= 15 is 0 Å². The molecule has 0 radical (unpaired) electrons. The van der Waals surface area contributed by atoms with Gasteiger partial charge in [0.05, 0.1) is 0 Å². The Labute approximate surface area is 136 Å². The van der Waals surface area contributed by atoms with Gasteiger partial charge in [-0.1, -0.05) is 37.6 Å². The first-order valence-corrected chi connectivity index (χ1v) is 8.12. The predicted octanol–water partition coefficient (Wildman–Crippen LogP) is 5.64. The van der Waals surface area contributed by atoms with Gasteiger partial charge in [0.15, 0.2) is 0 Å². The van der Waals surface area contributed by atoms with E-state index in [0.29, 0.717) is 12.8 Å². The number of carbonyl (C=O) groups is 1. The molecule has 0 aliphatic carbocycles. The zero-order valence-corrected chi connectivity index (χ0v) is 13.4. The maximum Gasteiger partial charge on any atom is 0.132 e. The highest BCUT2D eigenvalue weighted by Gasteiger charge is 2.14. The van der Waals surface area contributed by atoms with Gasteiger partial charge in [0.25, 0.3) is 0 Å². The highest BCUT2D eigenvalue weighted by molar-refractivity contribution is 5.77. The Morgan fingerprint density at radius 1 is 0.870 bits per heavy atom. The molecule has 0 saturated carbocycles. The van der Waals surface area contributed by atoms with Crippen LogP contribution in [0.25, 0.3) is 0 Å². The molecule has 122 valence electrons. The Balaban J connectivity index is 2.10. The van der Waals surface area contributed by atoms with Crippen molar-refractivity contribution in [1.82, 2.24) is 0 Å². The van der Waals surface area contributed by atoms with E-state index in [-0.39, 0.29) is 23.3 Å². The molecule has 0 amide bonds. The predicted molar refractivity (Wildman–Crippen MR) is 88.4 cm³/mol. The van der Waals surface area contributed by atoms with E-state index in [0.717, 1.165) is 30.4 Å². The summed E-state index contributed by atoms with van der Waals surface area (Å²) in [7, 11) is 0. The smallest absolute Gasteiger partial charge is 0.132 e. The largest absolute Gasteiger partial charge is 0.300 e. The van der Waals surface area contributed by atoms with Crippen LogP contribution >= 0.6 is 0 Å². The van der Waals surface area contributed by atoms with Crippen LogP contribution in [0, 0.1) is 11.6 Å². The third-order valence-corrected chi connectivity index (χ3v) is 4.14. The van der Waals surface area contributed by atoms with Crippen LogP contribution in [0.2, 0.25) is 0 Å². The van der Waals surface area contributed by atoms with Gasteiger partial charge >= 0.3 is 0 Å². The third-order valence-electron chi connectivity index (χ3n) is 4.14. The molecule has 0 spiro atoms. The Kier molecular flexibility index (Phi) is 6.45. The molecule has 0 aromatic heterocycles. The first kappa shape index (κ1) is 17.3. The van der Waals surface area contributed by atoms with Gasteiger partial charge in [-0.3, -0.25) is 4.79 Å². The Morgan fingerprint density at radius 2 is 1.35 bits per heavy atom. The lowest BCUT2D eigenvalue weighted by atomic mass is 9.86. The molecule has 23 heavy (non-hydrogen) atoms. The lowest BCUT2D eigenvalue weighted by Crippen LogP contribution is -2.03. The molecule has 1 nitrogen and oxygen atoms in total. The Bertz CT molecular complexity index is 572. The van der Waals surface area contributed by atoms with Crippen LogP contribution in [0.1, 0.15) is 56.1 Å². The maximum absolute atomic E-state index is 13.2. The summed E-state index contributed by atoms with van der Waals surface area (Å²) in [6.07, 6.45) is 3.81. The summed E-state index contributed by atoms with van der Waals surface area (Å²) in [5, 5.41) is 0. The van der Waals surface area contributed by atoms with Crippen molar-refractivity contribution in [2.24, 2.45) is 0 Å². The highest BCUT2D eigenvalue weighted by atomic mass is 19.1. The summed E-state index contributed by atoms with van der Waals surface area (Å²) in [5.41, 5.74) is 2.03. The van der Waals surface area contributed by atoms with Gasteiger partial charge < -0.3 is 0 Å². The third kappa shape index (κ3) is 5.27. The second-order valence-corrected chi connectivity index (χ2v) is 5.79. The van der Waals surface area contributed by atoms with Crippen molar-refractivity contribution in [2.75, 3.05) is 0 Å². The summed E-state index contributed by atoms with van der Waals surface area (Å²) in [5.74, 6) is -0.154. The number of carbonyl (C=O) groups excluding carboxylic acids is 1. The van der Waals surface area contributed by atoms with Gasteiger partial charge in [0, 0.05) is 18.8 Å². The molecule has 0 unspecified atom stereocenters. The molecule has 0 fully saturated rings. The molecule has 0 aliphatic heterocycles. The summed E-state index contributed by atoms with van der Waals surface area (Å²) < 4.78 is 26.3. The molecule has 3 heteroatoms. The zero-order chi connectivity index (χ0) is 16.7. The van der Waals surface area contributed by atoms with E-state index in [4.69, 9.17) is 0 Å². The SMILES string of the molecule is CCC(=O)CCCCC(c1ccc(F)cc1)c1ccc(F)cc1. The molecule has 0 heterocycles. The monoisotopic (exact) mass is 316 g/mol. The number of hydrogen-bond acceptors (Lipinski definition) is 1. The van der Waals surface area contributed by atoms with Crippen molar-refractivity contribution in [3.63, 3.8) is 0 Å². The topological polar surface area (TPSA) is 17.1 Å². The summed E-state index contributed by atoms with van der Waals surface area (Å²) in [6.45, 7) is 1.88. The average Bonchev–Trinajstić information content (AvgIpc) is 2.57. The van der Waals surface area contributed by atoms with E-state index < -0.39 is 0 Å². The van der Waals surface area contributed by atoms with Crippen LogP contribution in [-0.4, -0.2) is 5.78 Å². The number of ketones is 1. The molecular weight excluding hydrogens is 294 g/mol. The fraction of sp³-hybridized carbons (Fsp3) is 0.350. The van der Waals surface area contributed by atoms with Gasteiger partial charge in [-0.2, -0.15) is 0 Å². The second kappa shape index (κ2) is 8.56. The van der Waals surface area contributed by atoms with Crippen LogP contribution in [0.3, 0.4) is 0 Å². The highest BCUT2D eigenvalue weighted by Crippen LogP contribution is 2.30. The van der Waals surface area contributed by atoms with E-state index in [1.165, 1.54) is 24.3 Å². The minimum Gasteiger partial charge on any atom is -0.300 e. The van der Waals surface area contributed by atoms with Crippen molar-refractivity contribution < 1.29 is 13.6 Å². The molecule has 2 aromatic carbocycles. The van der Waals surface area contributed by atoms with E-state index in [1.807, 2.05) is 6.92 Å². The quantitative estimate of drug-likeness (QED) is 0.576. The van der Waals surface area contributed by atoms with Gasteiger partial charge in [-0.05, 0) is 48.2 Å². The minimum atomic E-state index is -0.264. The van der Waals surface area contributed by atoms with Gasteiger partial charge in [-0.15, -0.1) is 0 Å². The van der Waals surface area contributed by atoms with Crippen molar-refractivity contribution in [3.8, 4) is 0 Å². The van der Waals surface area contributed by atoms with E-state index in [2.05, 4.69) is 0 Å². The molecule has 0 aliphatic rings. The van der Waals surface area contributed by atoms with Crippen molar-refractivity contribution in [1.29, 1.82) is 0 Å². The second-order valence-electron chi connectivity index (χ2n) is 5.79. The molecule has 2 rings (SSSR count). The van der Waals surface area contributed by atoms with Crippen LogP contribution in [-0.2, 0) is 4.79 Å². The Morgan fingerprint density at radius 3 is 1.78 bits per heavy atom. The van der Waals surface area contributed by atoms with E-state index in [9.17, 15) is 13.6 Å². The van der Waals surface area contributed by atoms with Crippen molar-refractivity contribution in [2.45, 2.75) is 44.9 Å². The van der Waals surface area contributed by atoms with Crippen LogP contribution in [0.4, 0.5) is 8.78 Å². The first-order chi connectivity index (χ1) is 11.1. The Hall–Kier alpha value is -2.03. The number of hydrogen-bond donors (Lipinski definition) is 0. The van der Waals surface area contributed by atoms with Gasteiger partial charge in [0.2, 0.25) is 0 Å². The average molecular weight is 316 g/mol. The van der Waals surface area contributed by atoms with Gasteiger partial charge in [-0.25, -0.2) is 8.78 Å². The molecule has 0 atom stereocenters. The minimum absolute atomic E-state index is 0.0907. The molecule has 0 N–H and O–H groups in total. The van der Waals surface area contributed by atoms with Crippen molar-refractivity contribution in [3.05, 3.63) is 71.3 Å². The van der Waals surface area contributed by atoms with Crippen LogP contribution in [0.15, 0.2) is 48.5 Å². The van der Waals surface area contributed by atoms with Crippen LogP contribution < -0.4 is 0 Å². The lowest BCUT2D eigenvalue weighted by Gasteiger charge is -2.18. The number of halogens is 2. The fourth-order valence-electron chi connectivity index (χ4n) is 2.76. The van der Waals surface area contributed by atoms with E-state index in [1.54, 1.807) is 24.3 Å². The summed E-state index contributed by atoms with van der Waals surface area (Å²) >= 11 is 0. The van der Waals surface area contributed by atoms with Crippen molar-refractivity contribution >= 4 is 5.78 Å². The normalized spacial score (nSPS) is 11.0. The maximum atomic E-state index is 13.2. The van der Waals surface area contributed by atoms with Gasteiger partial charge in [0.1, 0.15) is 17.4 Å². The molecule has 0 bridgehead atoms. The number of unbranched alkanes of at least 4 members (excludes halogenated alkanes) is 1. The zero-order valence-electron chi connectivity index (χ0n) is 13.4. The molecular formula is C20H22F2O. The molecule has 2 aromatic rings. The standard InChI is InChI=1S/C20H22F2O/c1-2-19(23)5-3-4-6-20(15-7-11-17(21)12-8-15)16-9-13-18(22)14-10-16/h7-14,20H,2-6H2,1H3. The number of Topliss-reactive ketones (excluding diaryl/α,β-unsaturated/α-hetero) is 1. The number of benzene rings is 2. The first-order valence-electron chi connectivity index (χ1n) is 8.12. The van der Waals surface area contributed by atoms with Crippen LogP contribution in [0.5, 0.6) is 0 Å². The fourth-order valence-corrected chi connectivity index (χ4v) is 2.76. The summed E-state index contributed by atoms with van der Waals surface area (Å²) in [6, 6.07) is 12.9.